The molecule has 1 aromatic carbocycles. The Balaban J connectivity index is 1.08. The zero-order valence-corrected chi connectivity index (χ0v) is 23.1. The molecule has 39 heavy (non-hydrogen) atoms. The highest BCUT2D eigenvalue weighted by molar-refractivity contribution is 5.96. The number of benzene rings is 1. The van der Waals surface area contributed by atoms with Crippen molar-refractivity contribution in [2.75, 3.05) is 25.5 Å². The van der Waals surface area contributed by atoms with Crippen LogP contribution in [-0.2, 0) is 4.74 Å². The zero-order valence-electron chi connectivity index (χ0n) is 23.1. The molecule has 0 atom stereocenters. The summed E-state index contributed by atoms with van der Waals surface area (Å²) in [6.07, 6.45) is 17.4. The van der Waals surface area contributed by atoms with Gasteiger partial charge in [0.2, 0.25) is 0 Å². The average Bonchev–Trinajstić information content (AvgIpc) is 3.65. The molecule has 3 fully saturated rings. The summed E-state index contributed by atoms with van der Waals surface area (Å²) < 4.78 is 7.42. The molecule has 206 valence electrons. The van der Waals surface area contributed by atoms with E-state index in [2.05, 4.69) is 38.6 Å². The van der Waals surface area contributed by atoms with Gasteiger partial charge in [0.25, 0.3) is 5.91 Å². The maximum absolute atomic E-state index is 12.6. The highest BCUT2D eigenvalue weighted by atomic mass is 16.5. The number of nitrogens with one attached hydrogen (secondary N) is 2. The summed E-state index contributed by atoms with van der Waals surface area (Å²) in [6.45, 7) is 4.36. The molecule has 8 nitrogen and oxygen atoms in total. The molecular formula is C31H40N6O2. The topological polar surface area (TPSA) is 84.3 Å². The quantitative estimate of drug-likeness (QED) is 0.430. The van der Waals surface area contributed by atoms with Gasteiger partial charge in [-0.2, -0.15) is 5.10 Å². The molecule has 1 saturated heterocycles. The Morgan fingerprint density at radius 2 is 1.74 bits per heavy atom. The van der Waals surface area contributed by atoms with E-state index in [0.29, 0.717) is 29.8 Å². The van der Waals surface area contributed by atoms with Gasteiger partial charge in [-0.3, -0.25) is 9.78 Å². The molecule has 0 spiro atoms. The molecule has 6 rings (SSSR count). The van der Waals surface area contributed by atoms with Gasteiger partial charge in [0.15, 0.2) is 0 Å². The first kappa shape index (κ1) is 26.0. The number of rotatable bonds is 8. The Labute approximate surface area is 231 Å². The number of hydrogen-bond acceptors (Lipinski definition) is 6. The fourth-order valence-electron chi connectivity index (χ4n) is 6.10. The molecule has 0 bridgehead atoms. The van der Waals surface area contributed by atoms with Crippen LogP contribution in [0.2, 0.25) is 0 Å². The van der Waals surface area contributed by atoms with Crippen LogP contribution >= 0.6 is 0 Å². The van der Waals surface area contributed by atoms with E-state index in [-0.39, 0.29) is 5.91 Å². The lowest BCUT2D eigenvalue weighted by Gasteiger charge is -2.40. The fourth-order valence-corrected chi connectivity index (χ4v) is 6.10. The summed E-state index contributed by atoms with van der Waals surface area (Å²) in [6, 6.07) is 9.51. The van der Waals surface area contributed by atoms with Crippen molar-refractivity contribution < 1.29 is 9.53 Å². The number of nitrogens with zero attached hydrogens (tertiary/aromatic N) is 4. The number of ether oxygens (including phenoxy) is 1. The van der Waals surface area contributed by atoms with Crippen LogP contribution in [-0.4, -0.2) is 70.0 Å². The summed E-state index contributed by atoms with van der Waals surface area (Å²) in [4.78, 5) is 19.8. The number of hydrogen-bond donors (Lipinski definition) is 2. The molecule has 2 N–H and O–H groups in total. The minimum Gasteiger partial charge on any atom is -0.381 e. The average molecular weight is 529 g/mol. The summed E-state index contributed by atoms with van der Waals surface area (Å²) in [5.41, 5.74) is 5.76. The highest BCUT2D eigenvalue weighted by Crippen LogP contribution is 2.29. The molecular weight excluding hydrogens is 488 g/mol. The van der Waals surface area contributed by atoms with Crippen LogP contribution in [0, 0.1) is 6.92 Å². The van der Waals surface area contributed by atoms with Gasteiger partial charge in [-0.25, -0.2) is 4.68 Å². The van der Waals surface area contributed by atoms with Crippen LogP contribution in [0.3, 0.4) is 0 Å². The highest BCUT2D eigenvalue weighted by Gasteiger charge is 2.29. The van der Waals surface area contributed by atoms with Crippen molar-refractivity contribution in [3.63, 3.8) is 0 Å². The second kappa shape index (κ2) is 11.5. The third-order valence-electron chi connectivity index (χ3n) is 8.69. The largest absolute Gasteiger partial charge is 0.381 e. The smallest absolute Gasteiger partial charge is 0.251 e. The van der Waals surface area contributed by atoms with Crippen molar-refractivity contribution in [2.45, 2.75) is 82.5 Å². The van der Waals surface area contributed by atoms with Crippen molar-refractivity contribution in [1.29, 1.82) is 0 Å². The minimum absolute atomic E-state index is 0.00146. The van der Waals surface area contributed by atoms with E-state index in [9.17, 15) is 4.79 Å². The van der Waals surface area contributed by atoms with Gasteiger partial charge in [0.1, 0.15) is 0 Å². The standard InChI is InChI=1S/C31H40N6O2/c1-21-3-4-22(31(38)35-24-5-6-24)15-30(21)23-17-33-37(20-23)28-16-26(18-32-19-28)34-25-11-13-36(14-12-25)27-7-9-29(39-2)10-8-27/h3-4,15-20,24-25,27,29,34H,5-14H2,1-2H3,(H,35,38). The Kier molecular flexibility index (Phi) is 7.66. The predicted octanol–water partition coefficient (Wildman–Crippen LogP) is 4.97. The third-order valence-corrected chi connectivity index (χ3v) is 8.69. The Bertz CT molecular complexity index is 1290. The van der Waals surface area contributed by atoms with E-state index >= 15 is 0 Å². The van der Waals surface area contributed by atoms with Gasteiger partial charge in [0.05, 0.1) is 36.1 Å². The van der Waals surface area contributed by atoms with Gasteiger partial charge in [-0.1, -0.05) is 6.07 Å². The minimum atomic E-state index is -0.00146. The molecule has 3 aliphatic rings. The van der Waals surface area contributed by atoms with Crippen molar-refractivity contribution in [2.24, 2.45) is 0 Å². The van der Waals surface area contributed by atoms with Crippen LogP contribution in [0.4, 0.5) is 5.69 Å². The second-order valence-corrected chi connectivity index (χ2v) is 11.5. The van der Waals surface area contributed by atoms with Crippen LogP contribution in [0.25, 0.3) is 16.8 Å². The number of likely N-dealkylation sites (tertiary alicyclic amines) is 1. The number of carbonyl (C=O) groups is 1. The number of anilines is 1. The first-order valence-corrected chi connectivity index (χ1v) is 14.5. The monoisotopic (exact) mass is 528 g/mol. The molecule has 3 aromatic rings. The van der Waals surface area contributed by atoms with Gasteiger partial charge in [-0.05, 0) is 87.6 Å². The van der Waals surface area contributed by atoms with E-state index in [0.717, 1.165) is 66.8 Å². The normalized spacial score (nSPS) is 22.5. The SMILES string of the molecule is COC1CCC(N2CCC(Nc3cncc(-n4cc(-c5cc(C(=O)NC6CC6)ccc5C)cn4)c3)CC2)CC1. The van der Waals surface area contributed by atoms with E-state index in [1.165, 1.54) is 25.7 Å². The number of amides is 1. The van der Waals surface area contributed by atoms with E-state index < -0.39 is 0 Å². The number of aromatic nitrogens is 3. The van der Waals surface area contributed by atoms with Crippen molar-refractivity contribution >= 4 is 11.6 Å². The van der Waals surface area contributed by atoms with Gasteiger partial charge < -0.3 is 20.3 Å². The lowest BCUT2D eigenvalue weighted by atomic mass is 9.90. The molecule has 2 saturated carbocycles. The number of aryl methyl sites for hydroxylation is 1. The Morgan fingerprint density at radius 3 is 2.49 bits per heavy atom. The third kappa shape index (κ3) is 6.17. The summed E-state index contributed by atoms with van der Waals surface area (Å²) in [5, 5.41) is 11.4. The second-order valence-electron chi connectivity index (χ2n) is 11.5. The maximum Gasteiger partial charge on any atom is 0.251 e. The lowest BCUT2D eigenvalue weighted by Crippen LogP contribution is -2.46. The number of piperidine rings is 1. The molecule has 2 aliphatic carbocycles. The maximum atomic E-state index is 12.6. The lowest BCUT2D eigenvalue weighted by molar-refractivity contribution is 0.0329. The molecule has 1 amide bonds. The first-order chi connectivity index (χ1) is 19.1. The molecule has 1 aliphatic heterocycles. The number of pyridine rings is 1. The van der Waals surface area contributed by atoms with E-state index in [4.69, 9.17) is 4.74 Å². The molecule has 2 aromatic heterocycles. The van der Waals surface area contributed by atoms with E-state index in [1.807, 2.05) is 54.8 Å². The Hall–Kier alpha value is -3.23. The molecule has 0 radical (unpaired) electrons. The van der Waals surface area contributed by atoms with Crippen molar-refractivity contribution in [3.05, 3.63) is 60.2 Å². The summed E-state index contributed by atoms with van der Waals surface area (Å²) >= 11 is 0. The van der Waals surface area contributed by atoms with Crippen molar-refractivity contribution in [1.82, 2.24) is 25.0 Å². The molecule has 0 unspecified atom stereocenters. The van der Waals surface area contributed by atoms with Gasteiger partial charge in [0, 0.05) is 55.6 Å². The van der Waals surface area contributed by atoms with Gasteiger partial charge in [-0.15, -0.1) is 0 Å². The van der Waals surface area contributed by atoms with Crippen molar-refractivity contribution in [3.8, 4) is 16.8 Å². The van der Waals surface area contributed by atoms with Crippen LogP contribution in [0.5, 0.6) is 0 Å². The van der Waals surface area contributed by atoms with Crippen LogP contribution in [0.1, 0.15) is 67.3 Å². The fraction of sp³-hybridized carbons (Fsp3) is 0.516. The van der Waals surface area contributed by atoms with Crippen LogP contribution < -0.4 is 10.6 Å². The van der Waals surface area contributed by atoms with Crippen LogP contribution in [0.15, 0.2) is 49.1 Å². The van der Waals surface area contributed by atoms with Gasteiger partial charge >= 0.3 is 0 Å². The number of methoxy groups -OCH3 is 1. The summed E-state index contributed by atoms with van der Waals surface area (Å²) in [7, 11) is 1.84. The Morgan fingerprint density at radius 1 is 0.949 bits per heavy atom. The molecule has 3 heterocycles. The molecule has 8 heteroatoms. The summed E-state index contributed by atoms with van der Waals surface area (Å²) in [5.74, 6) is -0.00146. The number of carbonyl (C=O) groups excluding carboxylic acids is 1. The predicted molar refractivity (Wildman–Crippen MR) is 153 cm³/mol. The zero-order chi connectivity index (χ0) is 26.8. The van der Waals surface area contributed by atoms with E-state index in [1.54, 1.807) is 0 Å². The first-order valence-electron chi connectivity index (χ1n) is 14.5.